The fourth-order valence-electron chi connectivity index (χ4n) is 4.68. The second kappa shape index (κ2) is 8.28. The number of ether oxygens (including phenoxy) is 1. The molecule has 1 atom stereocenters. The summed E-state index contributed by atoms with van der Waals surface area (Å²) in [4.78, 5) is 4.87. The van der Waals surface area contributed by atoms with Crippen molar-refractivity contribution in [3.05, 3.63) is 35.5 Å². The molecule has 0 saturated heterocycles. The smallest absolute Gasteiger partial charge is 0.141 e. The minimum absolute atomic E-state index is 0.345. The van der Waals surface area contributed by atoms with Crippen molar-refractivity contribution in [3.8, 4) is 11.1 Å². The van der Waals surface area contributed by atoms with Crippen LogP contribution in [0.3, 0.4) is 0 Å². The number of aliphatic hydroxyl groups excluding tert-OH is 1. The molecule has 2 heterocycles. The van der Waals surface area contributed by atoms with Gasteiger partial charge in [0, 0.05) is 18.2 Å². The van der Waals surface area contributed by atoms with Gasteiger partial charge in [0.05, 0.1) is 22.8 Å². The second-order valence-corrected chi connectivity index (χ2v) is 8.05. The molecule has 1 fully saturated rings. The van der Waals surface area contributed by atoms with Crippen LogP contribution in [0.4, 0.5) is 0 Å². The Labute approximate surface area is 171 Å². The predicted octanol–water partition coefficient (Wildman–Crippen LogP) is 5.27. The molecule has 0 radical (unpaired) electrons. The van der Waals surface area contributed by atoms with Crippen LogP contribution < -0.4 is 0 Å². The molecule has 6 heteroatoms. The summed E-state index contributed by atoms with van der Waals surface area (Å²) >= 11 is 0. The van der Waals surface area contributed by atoms with E-state index in [1.165, 1.54) is 0 Å². The summed E-state index contributed by atoms with van der Waals surface area (Å²) in [5, 5.41) is 14.8. The monoisotopic (exact) mass is 397 g/mol. The molecule has 1 aliphatic rings. The van der Waals surface area contributed by atoms with Crippen LogP contribution >= 0.6 is 0 Å². The average molecular weight is 398 g/mol. The molecule has 156 valence electrons. The first-order chi connectivity index (χ1) is 14.0. The van der Waals surface area contributed by atoms with Gasteiger partial charge in [-0.15, -0.1) is 0 Å². The second-order valence-electron chi connectivity index (χ2n) is 8.05. The summed E-state index contributed by atoms with van der Waals surface area (Å²) in [7, 11) is 0. The number of hydrogen-bond acceptors (Lipinski definition) is 5. The number of rotatable bonds is 6. The number of nitrogens with zero attached hydrogens (tertiary/aromatic N) is 3. The van der Waals surface area contributed by atoms with E-state index in [1.807, 2.05) is 20.8 Å². The van der Waals surface area contributed by atoms with Crippen molar-refractivity contribution in [2.45, 2.75) is 78.0 Å². The molecular weight excluding hydrogens is 366 g/mol. The number of aromatic nitrogens is 3. The number of benzene rings is 1. The summed E-state index contributed by atoms with van der Waals surface area (Å²) < 4.78 is 13.4. The maximum Gasteiger partial charge on any atom is 0.141 e. The van der Waals surface area contributed by atoms with Gasteiger partial charge in [-0.05, 0) is 70.6 Å². The number of imidazole rings is 1. The van der Waals surface area contributed by atoms with Gasteiger partial charge in [0.1, 0.15) is 17.7 Å². The highest BCUT2D eigenvalue weighted by atomic mass is 16.5. The van der Waals surface area contributed by atoms with Gasteiger partial charge in [0.25, 0.3) is 0 Å². The molecule has 1 saturated carbocycles. The van der Waals surface area contributed by atoms with E-state index in [0.29, 0.717) is 18.6 Å². The molecular formula is C23H31N3O3. The molecule has 4 rings (SSSR count). The third kappa shape index (κ3) is 3.71. The number of fused-ring (bicyclic) bond motifs is 1. The average Bonchev–Trinajstić information content (AvgIpc) is 3.27. The molecule has 29 heavy (non-hydrogen) atoms. The molecule has 6 nitrogen and oxygen atoms in total. The van der Waals surface area contributed by atoms with Gasteiger partial charge in [-0.2, -0.15) is 0 Å². The molecule has 0 aliphatic heterocycles. The molecule has 0 amide bonds. The largest absolute Gasteiger partial charge is 0.385 e. The highest BCUT2D eigenvalue weighted by Crippen LogP contribution is 2.37. The van der Waals surface area contributed by atoms with Gasteiger partial charge in [0.2, 0.25) is 0 Å². The molecule has 0 bridgehead atoms. The standard InChI is InChI=1S/C23H31N3O3/c1-5-21(27)23-24-19-13-16(22-14(3)25-29-15(22)4)7-12-20(19)26(23)17-8-10-18(11-9-17)28-6-2/h7,12-13,17-18,21,27H,5-6,8-11H2,1-4H3. The van der Waals surface area contributed by atoms with Crippen molar-refractivity contribution < 1.29 is 14.4 Å². The Morgan fingerprint density at radius 2 is 1.97 bits per heavy atom. The molecule has 1 aliphatic carbocycles. The van der Waals surface area contributed by atoms with Crippen molar-refractivity contribution in [2.75, 3.05) is 6.61 Å². The van der Waals surface area contributed by atoms with Gasteiger partial charge >= 0.3 is 0 Å². The Balaban J connectivity index is 1.75. The van der Waals surface area contributed by atoms with Crippen LogP contribution in [0.25, 0.3) is 22.2 Å². The van der Waals surface area contributed by atoms with Crippen molar-refractivity contribution in [1.82, 2.24) is 14.7 Å². The summed E-state index contributed by atoms with van der Waals surface area (Å²) in [5.41, 5.74) is 4.96. The Morgan fingerprint density at radius 3 is 2.59 bits per heavy atom. The normalized spacial score (nSPS) is 21.0. The lowest BCUT2D eigenvalue weighted by Gasteiger charge is -2.31. The Kier molecular flexibility index (Phi) is 5.74. The third-order valence-electron chi connectivity index (χ3n) is 6.13. The lowest BCUT2D eigenvalue weighted by Crippen LogP contribution is -2.25. The zero-order valence-corrected chi connectivity index (χ0v) is 17.8. The highest BCUT2D eigenvalue weighted by Gasteiger charge is 2.28. The Hall–Kier alpha value is -2.18. The van der Waals surface area contributed by atoms with Gasteiger partial charge in [-0.1, -0.05) is 18.1 Å². The first-order valence-electron chi connectivity index (χ1n) is 10.8. The molecule has 0 spiro atoms. The Bertz CT molecular complexity index is 963. The first kappa shape index (κ1) is 20.1. The van der Waals surface area contributed by atoms with Crippen LogP contribution in [0.1, 0.15) is 75.4 Å². The Morgan fingerprint density at radius 1 is 1.21 bits per heavy atom. The third-order valence-corrected chi connectivity index (χ3v) is 6.13. The molecule has 2 aromatic heterocycles. The fourth-order valence-corrected chi connectivity index (χ4v) is 4.68. The van der Waals surface area contributed by atoms with Crippen LogP contribution in [0.2, 0.25) is 0 Å². The van der Waals surface area contributed by atoms with Crippen LogP contribution in [-0.4, -0.2) is 32.5 Å². The predicted molar refractivity (Wildman–Crippen MR) is 113 cm³/mol. The zero-order chi connectivity index (χ0) is 20.5. The van der Waals surface area contributed by atoms with Crippen molar-refractivity contribution in [1.29, 1.82) is 0 Å². The van der Waals surface area contributed by atoms with E-state index in [4.69, 9.17) is 14.2 Å². The van der Waals surface area contributed by atoms with Crippen LogP contribution in [0.5, 0.6) is 0 Å². The van der Waals surface area contributed by atoms with E-state index in [9.17, 15) is 5.11 Å². The van der Waals surface area contributed by atoms with Crippen LogP contribution in [-0.2, 0) is 4.74 Å². The number of aryl methyl sites for hydroxylation is 2. The van der Waals surface area contributed by atoms with Gasteiger partial charge in [-0.3, -0.25) is 0 Å². The molecule has 1 N–H and O–H groups in total. The number of aliphatic hydroxyl groups is 1. The van der Waals surface area contributed by atoms with Gasteiger partial charge in [0.15, 0.2) is 0 Å². The van der Waals surface area contributed by atoms with Crippen LogP contribution in [0, 0.1) is 13.8 Å². The van der Waals surface area contributed by atoms with Crippen molar-refractivity contribution in [3.63, 3.8) is 0 Å². The van der Waals surface area contributed by atoms with Gasteiger partial charge in [-0.25, -0.2) is 4.98 Å². The summed E-state index contributed by atoms with van der Waals surface area (Å²) in [5.74, 6) is 1.59. The lowest BCUT2D eigenvalue weighted by atomic mass is 9.92. The van der Waals surface area contributed by atoms with Crippen LogP contribution in [0.15, 0.2) is 22.7 Å². The fraction of sp³-hybridized carbons (Fsp3) is 0.565. The topological polar surface area (TPSA) is 73.3 Å². The zero-order valence-electron chi connectivity index (χ0n) is 17.8. The van der Waals surface area contributed by atoms with E-state index in [1.54, 1.807) is 0 Å². The maximum atomic E-state index is 10.7. The summed E-state index contributed by atoms with van der Waals surface area (Å²) in [6, 6.07) is 6.68. The van der Waals surface area contributed by atoms with Gasteiger partial charge < -0.3 is 18.9 Å². The minimum Gasteiger partial charge on any atom is -0.385 e. The lowest BCUT2D eigenvalue weighted by molar-refractivity contribution is 0.0264. The molecule has 3 aromatic rings. The van der Waals surface area contributed by atoms with E-state index in [-0.39, 0.29) is 0 Å². The highest BCUT2D eigenvalue weighted by molar-refractivity contribution is 5.83. The van der Waals surface area contributed by atoms with E-state index in [2.05, 4.69) is 34.8 Å². The van der Waals surface area contributed by atoms with Crippen molar-refractivity contribution >= 4 is 11.0 Å². The molecule has 1 unspecified atom stereocenters. The van der Waals surface area contributed by atoms with E-state index >= 15 is 0 Å². The quantitative estimate of drug-likeness (QED) is 0.613. The summed E-state index contributed by atoms with van der Waals surface area (Å²) in [6.45, 7) is 8.71. The van der Waals surface area contributed by atoms with E-state index < -0.39 is 6.10 Å². The SMILES string of the molecule is CCOC1CCC(n2c(C(O)CC)nc3cc(-c4c(C)noc4C)ccc32)CC1. The van der Waals surface area contributed by atoms with Crippen molar-refractivity contribution in [2.24, 2.45) is 0 Å². The van der Waals surface area contributed by atoms with E-state index in [0.717, 1.165) is 71.7 Å². The first-order valence-corrected chi connectivity index (χ1v) is 10.8. The molecule has 1 aromatic carbocycles. The summed E-state index contributed by atoms with van der Waals surface area (Å²) in [6.07, 6.45) is 4.64. The number of hydrogen-bond donors (Lipinski definition) is 1. The minimum atomic E-state index is -0.561. The maximum absolute atomic E-state index is 10.7.